The van der Waals surface area contributed by atoms with Gasteiger partial charge in [0.15, 0.2) is 0 Å². The van der Waals surface area contributed by atoms with Crippen molar-refractivity contribution in [2.45, 2.75) is 6.92 Å². The molecule has 0 fully saturated rings. The minimum absolute atomic E-state index is 0.236. The van der Waals surface area contributed by atoms with Crippen LogP contribution in [0, 0.1) is 23.7 Å². The van der Waals surface area contributed by atoms with Crippen molar-refractivity contribution in [3.8, 4) is 24.1 Å². The summed E-state index contributed by atoms with van der Waals surface area (Å²) in [6, 6.07) is 12.3. The summed E-state index contributed by atoms with van der Waals surface area (Å²) >= 11 is 0. The quantitative estimate of drug-likeness (QED) is 0.396. The van der Waals surface area contributed by atoms with Crippen LogP contribution in [0.3, 0.4) is 0 Å². The first-order valence-corrected chi connectivity index (χ1v) is 9.92. The first-order chi connectivity index (χ1) is 18.9. The van der Waals surface area contributed by atoms with Crippen LogP contribution in [0.25, 0.3) is 10.9 Å². The van der Waals surface area contributed by atoms with Crippen LogP contribution in [0.2, 0.25) is 0 Å². The van der Waals surface area contributed by atoms with Crippen molar-refractivity contribution < 1.29 is 19.1 Å². The van der Waals surface area contributed by atoms with Gasteiger partial charge in [-0.25, -0.2) is 0 Å². The molecule has 3 aromatic rings. The maximum atomic E-state index is 12.7. The monoisotopic (exact) mass is 446 g/mol. The molecule has 0 bridgehead atoms. The van der Waals surface area contributed by atoms with Crippen LogP contribution in [0.5, 0.6) is 5.75 Å². The van der Waals surface area contributed by atoms with E-state index < -0.39 is 26.4 Å². The molecule has 0 atom stereocenters. The number of nitriles is 1. The van der Waals surface area contributed by atoms with Crippen molar-refractivity contribution >= 4 is 33.9 Å². The smallest absolute Gasteiger partial charge is 0.248 e. The van der Waals surface area contributed by atoms with E-state index in [1.54, 1.807) is 43.3 Å². The molecule has 1 heterocycles. The summed E-state index contributed by atoms with van der Waals surface area (Å²) in [5.74, 6) is 2.30. The zero-order valence-electron chi connectivity index (χ0n) is 24.8. The van der Waals surface area contributed by atoms with Crippen molar-refractivity contribution in [3.63, 3.8) is 0 Å². The molecule has 1 amide bonds. The fourth-order valence-electron chi connectivity index (χ4n) is 3.07. The van der Waals surface area contributed by atoms with Crippen molar-refractivity contribution in [2.75, 3.05) is 37.7 Å². The van der Waals surface area contributed by atoms with E-state index in [-0.39, 0.29) is 17.9 Å². The zero-order chi connectivity index (χ0) is 29.5. The number of aromatic nitrogens is 1. The van der Waals surface area contributed by atoms with E-state index in [0.29, 0.717) is 38.5 Å². The Morgan fingerprint density at radius 1 is 1.39 bits per heavy atom. The molecule has 2 N–H and O–H groups in total. The number of amides is 1. The van der Waals surface area contributed by atoms with Crippen LogP contribution in [-0.2, 0) is 4.79 Å². The number of fused-ring (bicyclic) bond motifs is 1. The lowest BCUT2D eigenvalue weighted by Gasteiger charge is -2.16. The minimum Gasteiger partial charge on any atom is -0.492 e. The van der Waals surface area contributed by atoms with E-state index in [9.17, 15) is 10.1 Å². The van der Waals surface area contributed by atoms with Crippen LogP contribution < -0.4 is 15.4 Å². The Morgan fingerprint density at radius 3 is 3.03 bits per heavy atom. The maximum Gasteiger partial charge on any atom is 0.248 e. The SMILES string of the molecule is [2H]C#Cc1cccc(Nc2c(C#N)cnc3cc(OCC)c(NC(=O)/C=C/CN(C([2H])([2H])[2H])C([2H])([2H])[2H])cc23)c1. The third-order valence-corrected chi connectivity index (χ3v) is 4.48. The van der Waals surface area contributed by atoms with Crippen molar-refractivity contribution in [3.05, 3.63) is 65.9 Å². The third-order valence-electron chi connectivity index (χ3n) is 4.48. The molecule has 0 aliphatic heterocycles. The van der Waals surface area contributed by atoms with Crippen molar-refractivity contribution in [1.82, 2.24) is 9.88 Å². The minimum atomic E-state index is -2.88. The summed E-state index contributed by atoms with van der Waals surface area (Å²) < 4.78 is 57.4. The number of hydrogen-bond acceptors (Lipinski definition) is 6. The van der Waals surface area contributed by atoms with Gasteiger partial charge in [0.25, 0.3) is 0 Å². The largest absolute Gasteiger partial charge is 0.492 e. The summed E-state index contributed by atoms with van der Waals surface area (Å²) in [5.41, 5.74) is 2.60. The second-order valence-corrected chi connectivity index (χ2v) is 6.79. The Morgan fingerprint density at radius 2 is 2.27 bits per heavy atom. The predicted octanol–water partition coefficient (Wildman–Crippen LogP) is 4.29. The number of ether oxygens (including phenoxy) is 1. The molecule has 2 aromatic carbocycles. The van der Waals surface area contributed by atoms with Gasteiger partial charge < -0.3 is 20.3 Å². The van der Waals surface area contributed by atoms with Crippen LogP contribution in [-0.4, -0.2) is 42.9 Å². The molecule has 0 aliphatic rings. The lowest BCUT2D eigenvalue weighted by atomic mass is 10.1. The highest BCUT2D eigenvalue weighted by Gasteiger charge is 2.15. The molecular weight excluding hydrogens is 414 g/mol. The van der Waals surface area contributed by atoms with Gasteiger partial charge in [-0.1, -0.05) is 18.1 Å². The van der Waals surface area contributed by atoms with Crippen molar-refractivity contribution in [1.29, 1.82) is 5.26 Å². The number of anilines is 3. The lowest BCUT2D eigenvalue weighted by molar-refractivity contribution is -0.111. The highest BCUT2D eigenvalue weighted by molar-refractivity contribution is 6.04. The number of benzene rings is 2. The Kier molecular flexibility index (Phi) is 5.07. The highest BCUT2D eigenvalue weighted by atomic mass is 16.5. The first-order valence-electron chi connectivity index (χ1n) is 13.4. The molecular formula is C26H25N5O2. The molecule has 1 aromatic heterocycles. The highest BCUT2D eigenvalue weighted by Crippen LogP contribution is 2.36. The Balaban J connectivity index is 1.99. The molecule has 3 rings (SSSR count). The number of pyridine rings is 1. The molecule has 33 heavy (non-hydrogen) atoms. The molecule has 7 nitrogen and oxygen atoms in total. The van der Waals surface area contributed by atoms with E-state index in [0.717, 1.165) is 12.2 Å². The summed E-state index contributed by atoms with van der Waals surface area (Å²) in [5, 5.41) is 16.1. The van der Waals surface area contributed by atoms with Gasteiger partial charge in [0.2, 0.25) is 5.91 Å². The summed E-state index contributed by atoms with van der Waals surface area (Å²) in [6.07, 6.45) is 5.69. The molecule has 0 aliphatic carbocycles. The summed E-state index contributed by atoms with van der Waals surface area (Å²) in [6.45, 7) is -4.23. The molecule has 7 heteroatoms. The fourth-order valence-corrected chi connectivity index (χ4v) is 3.07. The summed E-state index contributed by atoms with van der Waals surface area (Å²) in [7, 11) is 0. The average Bonchev–Trinajstić information content (AvgIpc) is 2.86. The van der Waals surface area contributed by atoms with E-state index >= 15 is 0 Å². The van der Waals surface area contributed by atoms with Gasteiger partial charge in [-0.15, -0.1) is 6.40 Å². The van der Waals surface area contributed by atoms with Crippen molar-refractivity contribution in [2.24, 2.45) is 0 Å². The van der Waals surface area contributed by atoms with Gasteiger partial charge in [0.1, 0.15) is 13.2 Å². The van der Waals surface area contributed by atoms with Crippen LogP contribution in [0.1, 0.15) is 27.6 Å². The van der Waals surface area contributed by atoms with Gasteiger partial charge in [-0.2, -0.15) is 5.26 Å². The van der Waals surface area contributed by atoms with Gasteiger partial charge in [0, 0.05) is 49.7 Å². The topological polar surface area (TPSA) is 90.3 Å². The van der Waals surface area contributed by atoms with Gasteiger partial charge >= 0.3 is 0 Å². The number of rotatable bonds is 8. The van der Waals surface area contributed by atoms with Crippen LogP contribution in [0.4, 0.5) is 17.1 Å². The Bertz CT molecular complexity index is 1520. The van der Waals surface area contributed by atoms with E-state index in [1.165, 1.54) is 6.20 Å². The Hall–Kier alpha value is -4.33. The number of terminal acetylenes is 1. The molecule has 0 saturated heterocycles. The van der Waals surface area contributed by atoms with E-state index in [1.807, 2.05) is 0 Å². The predicted molar refractivity (Wildman–Crippen MR) is 132 cm³/mol. The molecule has 0 saturated carbocycles. The fraction of sp³-hybridized carbons (Fsp3) is 0.192. The second-order valence-electron chi connectivity index (χ2n) is 6.79. The number of nitrogens with zero attached hydrogens (tertiary/aromatic N) is 3. The first kappa shape index (κ1) is 15.5. The number of likely N-dealkylation sites (N-methyl/N-ethyl adjacent to an activating group) is 1. The number of nitrogens with one attached hydrogen (secondary N) is 2. The second kappa shape index (κ2) is 10.8. The average molecular weight is 447 g/mol. The number of carbonyl (C=O) groups is 1. The Labute approximate surface area is 203 Å². The lowest BCUT2D eigenvalue weighted by Crippen LogP contribution is -2.13. The molecule has 166 valence electrons. The number of hydrogen-bond donors (Lipinski definition) is 2. The normalized spacial score (nSPS) is 14.4. The van der Waals surface area contributed by atoms with E-state index in [4.69, 9.17) is 14.3 Å². The molecule has 0 spiro atoms. The molecule has 0 unspecified atom stereocenters. The van der Waals surface area contributed by atoms with Crippen LogP contribution >= 0.6 is 0 Å². The zero-order valence-corrected chi connectivity index (χ0v) is 17.8. The summed E-state index contributed by atoms with van der Waals surface area (Å²) in [4.78, 5) is 17.4. The maximum absolute atomic E-state index is 12.7. The van der Waals surface area contributed by atoms with E-state index in [2.05, 4.69) is 34.0 Å². The standard InChI is InChI=1S/C26H25N5O2/c1-5-18-9-7-10-20(13-18)29-26-19(16-27)17-28-22-15-24(33-6-2)23(14-21(22)26)30-25(32)11-8-12-31(3)4/h1,7-11,13-15,17H,6,12H2,2-4H3,(H,28,29)(H,30,32)/b11-8+/i1D,3D3,4D3. The molecule has 0 radical (unpaired) electrons. The van der Waals surface area contributed by atoms with Gasteiger partial charge in [-0.3, -0.25) is 9.78 Å². The van der Waals surface area contributed by atoms with Gasteiger partial charge in [0.05, 0.1) is 29.1 Å². The number of carbonyl (C=O) groups excluding carboxylic acids is 1. The third kappa shape index (κ3) is 5.88. The van der Waals surface area contributed by atoms with Crippen LogP contribution in [0.15, 0.2) is 54.7 Å². The van der Waals surface area contributed by atoms with Gasteiger partial charge in [-0.05, 0) is 45.1 Å².